The Morgan fingerprint density at radius 1 is 1.25 bits per heavy atom. The highest BCUT2D eigenvalue weighted by molar-refractivity contribution is 6.34. The van der Waals surface area contributed by atoms with E-state index < -0.39 is 35.6 Å². The molecule has 194 valence electrons. The Morgan fingerprint density at radius 3 is 2.72 bits per heavy atom. The first kappa shape index (κ1) is 26.4. The second kappa shape index (κ2) is 11.2. The molecule has 0 radical (unpaired) electrons. The molecular formula is C27H33ClN2O6. The number of nitrogens with zero attached hydrogens (tertiary/aromatic N) is 2. The number of halogens is 1. The smallest absolute Gasteiger partial charge is 0.312 e. The van der Waals surface area contributed by atoms with Crippen molar-refractivity contribution in [2.75, 3.05) is 31.2 Å². The largest absolute Gasteiger partial charge is 0.461 e. The number of likely N-dealkylation sites (tertiary alicyclic amines) is 1. The number of para-hydroxylation sites is 1. The Bertz CT molecular complexity index is 1030. The SMILES string of the molecule is C=CCOC(=O)[C@@H]1[C@H]2C(=O)N(CCCCCO)C(C(=O)N(CC=C)c3ccccc3Cl)C23CC[C@H]1O3. The molecule has 0 saturated carbocycles. The van der Waals surface area contributed by atoms with E-state index in [4.69, 9.17) is 21.1 Å². The molecule has 3 heterocycles. The lowest BCUT2D eigenvalue weighted by atomic mass is 9.70. The van der Waals surface area contributed by atoms with Gasteiger partial charge in [-0.2, -0.15) is 0 Å². The molecule has 9 heteroatoms. The molecule has 0 aromatic heterocycles. The molecule has 4 rings (SSSR count). The van der Waals surface area contributed by atoms with Gasteiger partial charge in [-0.25, -0.2) is 0 Å². The third-order valence-corrected chi connectivity index (χ3v) is 7.75. The summed E-state index contributed by atoms with van der Waals surface area (Å²) >= 11 is 6.46. The molecule has 0 aliphatic carbocycles. The quantitative estimate of drug-likeness (QED) is 0.260. The molecule has 1 aromatic carbocycles. The summed E-state index contributed by atoms with van der Waals surface area (Å²) in [5.41, 5.74) is -0.597. The zero-order chi connectivity index (χ0) is 25.9. The summed E-state index contributed by atoms with van der Waals surface area (Å²) in [6.07, 6.45) is 5.59. The number of aliphatic hydroxyl groups excluding tert-OH is 1. The van der Waals surface area contributed by atoms with Gasteiger partial charge in [0.05, 0.1) is 28.6 Å². The summed E-state index contributed by atoms with van der Waals surface area (Å²) in [4.78, 5) is 44.3. The fraction of sp³-hybridized carbons (Fsp3) is 0.519. The lowest BCUT2D eigenvalue weighted by molar-refractivity contribution is -0.154. The summed E-state index contributed by atoms with van der Waals surface area (Å²) in [6, 6.07) is 6.12. The van der Waals surface area contributed by atoms with Crippen molar-refractivity contribution in [3.8, 4) is 0 Å². The average molecular weight is 517 g/mol. The third kappa shape index (κ3) is 4.46. The van der Waals surface area contributed by atoms with E-state index in [9.17, 15) is 19.5 Å². The topological polar surface area (TPSA) is 96.4 Å². The van der Waals surface area contributed by atoms with Gasteiger partial charge in [0, 0.05) is 19.7 Å². The molecule has 5 atom stereocenters. The lowest BCUT2D eigenvalue weighted by Gasteiger charge is -2.37. The minimum absolute atomic E-state index is 0.0445. The maximum atomic E-state index is 14.3. The van der Waals surface area contributed by atoms with E-state index in [2.05, 4.69) is 13.2 Å². The highest BCUT2D eigenvalue weighted by Gasteiger charge is 2.75. The Balaban J connectivity index is 1.72. The highest BCUT2D eigenvalue weighted by atomic mass is 35.5. The predicted octanol–water partition coefficient (Wildman–Crippen LogP) is 3.13. The van der Waals surface area contributed by atoms with Gasteiger partial charge < -0.3 is 24.4 Å². The number of amides is 2. The molecule has 2 unspecified atom stereocenters. The second-order valence-electron chi connectivity index (χ2n) is 9.48. The van der Waals surface area contributed by atoms with E-state index in [0.29, 0.717) is 49.4 Å². The maximum Gasteiger partial charge on any atom is 0.312 e. The van der Waals surface area contributed by atoms with Crippen LogP contribution in [0.5, 0.6) is 0 Å². The average Bonchev–Trinajstić information content (AvgIpc) is 3.51. The number of esters is 1. The molecule has 8 nitrogen and oxygen atoms in total. The maximum absolute atomic E-state index is 14.3. The molecule has 2 amide bonds. The summed E-state index contributed by atoms with van der Waals surface area (Å²) < 4.78 is 11.8. The number of fused-ring (bicyclic) bond motifs is 1. The van der Waals surface area contributed by atoms with Crippen molar-refractivity contribution in [2.24, 2.45) is 11.8 Å². The zero-order valence-electron chi connectivity index (χ0n) is 20.3. The van der Waals surface area contributed by atoms with Crippen molar-refractivity contribution in [3.63, 3.8) is 0 Å². The van der Waals surface area contributed by atoms with Gasteiger partial charge in [0.2, 0.25) is 5.91 Å². The Kier molecular flexibility index (Phi) is 8.17. The minimum atomic E-state index is -1.12. The van der Waals surface area contributed by atoms with Gasteiger partial charge in [-0.15, -0.1) is 6.58 Å². The minimum Gasteiger partial charge on any atom is -0.461 e. The summed E-state index contributed by atoms with van der Waals surface area (Å²) in [5.74, 6) is -2.64. The van der Waals surface area contributed by atoms with Gasteiger partial charge in [0.1, 0.15) is 18.2 Å². The van der Waals surface area contributed by atoms with Crippen LogP contribution in [0.4, 0.5) is 5.69 Å². The number of benzene rings is 1. The predicted molar refractivity (Wildman–Crippen MR) is 135 cm³/mol. The van der Waals surface area contributed by atoms with Crippen molar-refractivity contribution in [1.29, 1.82) is 0 Å². The number of hydrogen-bond acceptors (Lipinski definition) is 6. The number of ether oxygens (including phenoxy) is 2. The van der Waals surface area contributed by atoms with Gasteiger partial charge in [0.25, 0.3) is 5.91 Å². The highest BCUT2D eigenvalue weighted by Crippen LogP contribution is 2.59. The third-order valence-electron chi connectivity index (χ3n) is 7.43. The molecule has 1 aromatic rings. The first-order valence-corrected chi connectivity index (χ1v) is 12.8. The molecule has 1 spiro atoms. The molecule has 3 aliphatic rings. The Labute approximate surface area is 216 Å². The van der Waals surface area contributed by atoms with Crippen molar-refractivity contribution in [3.05, 3.63) is 54.6 Å². The van der Waals surface area contributed by atoms with Gasteiger partial charge in [0.15, 0.2) is 0 Å². The van der Waals surface area contributed by atoms with E-state index in [1.165, 1.54) is 11.0 Å². The fourth-order valence-corrected chi connectivity index (χ4v) is 6.24. The van der Waals surface area contributed by atoms with Crippen molar-refractivity contribution < 1.29 is 29.0 Å². The molecule has 36 heavy (non-hydrogen) atoms. The first-order chi connectivity index (χ1) is 17.4. The van der Waals surface area contributed by atoms with Crippen molar-refractivity contribution in [2.45, 2.75) is 49.9 Å². The van der Waals surface area contributed by atoms with Crippen molar-refractivity contribution >= 4 is 35.1 Å². The van der Waals surface area contributed by atoms with Crippen LogP contribution >= 0.6 is 11.6 Å². The van der Waals surface area contributed by atoms with E-state index >= 15 is 0 Å². The standard InChI is InChI=1S/C27H33ClN2O6/c1-3-14-29(19-11-7-6-10-18(19)28)25(33)23-27-13-12-20(36-27)21(26(34)35-17-4-2)22(27)24(32)30(23)15-8-5-9-16-31/h3-4,6-7,10-11,20-23,31H,1-2,5,8-9,12-17H2/t20-,21+,22+,23?,27?/m1/s1. The van der Waals surface area contributed by atoms with Crippen LogP contribution in [0.1, 0.15) is 32.1 Å². The van der Waals surface area contributed by atoms with Crippen LogP contribution in [-0.2, 0) is 23.9 Å². The van der Waals surface area contributed by atoms with Crippen LogP contribution in [0.25, 0.3) is 0 Å². The number of anilines is 1. The normalized spacial score (nSPS) is 28.2. The lowest BCUT2D eigenvalue weighted by Crippen LogP contribution is -2.56. The first-order valence-electron chi connectivity index (χ1n) is 12.4. The Morgan fingerprint density at radius 2 is 2.03 bits per heavy atom. The number of aliphatic hydroxyl groups is 1. The number of carbonyl (C=O) groups is 3. The zero-order valence-corrected chi connectivity index (χ0v) is 21.1. The van der Waals surface area contributed by atoms with Gasteiger partial charge >= 0.3 is 5.97 Å². The number of carbonyl (C=O) groups excluding carboxylic acids is 3. The summed E-state index contributed by atoms with van der Waals surface area (Å²) in [7, 11) is 0. The van der Waals surface area contributed by atoms with Gasteiger partial charge in [-0.05, 0) is 44.2 Å². The molecular weight excluding hydrogens is 484 g/mol. The van der Waals surface area contributed by atoms with Crippen LogP contribution in [-0.4, -0.2) is 71.8 Å². The number of unbranched alkanes of at least 4 members (excludes halogenated alkanes) is 2. The van der Waals surface area contributed by atoms with Crippen LogP contribution < -0.4 is 4.90 Å². The van der Waals surface area contributed by atoms with Crippen LogP contribution in [0, 0.1) is 11.8 Å². The van der Waals surface area contributed by atoms with Gasteiger partial charge in [-0.3, -0.25) is 14.4 Å². The van der Waals surface area contributed by atoms with E-state index in [1.54, 1.807) is 35.2 Å². The number of hydrogen-bond donors (Lipinski definition) is 1. The molecule has 3 aliphatic heterocycles. The van der Waals surface area contributed by atoms with E-state index in [-0.39, 0.29) is 31.6 Å². The van der Waals surface area contributed by atoms with E-state index in [0.717, 1.165) is 0 Å². The fourth-order valence-electron chi connectivity index (χ4n) is 6.00. The Hall–Kier alpha value is -2.68. The molecule has 3 fully saturated rings. The number of rotatable bonds is 12. The van der Waals surface area contributed by atoms with Crippen LogP contribution in [0.2, 0.25) is 5.02 Å². The van der Waals surface area contributed by atoms with E-state index in [1.807, 2.05) is 0 Å². The molecule has 3 saturated heterocycles. The monoisotopic (exact) mass is 516 g/mol. The second-order valence-corrected chi connectivity index (χ2v) is 9.89. The summed E-state index contributed by atoms with van der Waals surface area (Å²) in [6.45, 7) is 8.01. The molecule has 2 bridgehead atoms. The van der Waals surface area contributed by atoms with Crippen LogP contribution in [0.15, 0.2) is 49.6 Å². The molecule has 1 N–H and O–H groups in total. The summed E-state index contributed by atoms with van der Waals surface area (Å²) in [5, 5.41) is 9.58. The van der Waals surface area contributed by atoms with Crippen LogP contribution in [0.3, 0.4) is 0 Å². The van der Waals surface area contributed by atoms with Crippen molar-refractivity contribution in [1.82, 2.24) is 4.90 Å². The van der Waals surface area contributed by atoms with Gasteiger partial charge in [-0.1, -0.05) is 42.5 Å².